The minimum Gasteiger partial charge on any atom is -0.343 e. The van der Waals surface area contributed by atoms with E-state index in [9.17, 15) is 4.79 Å². The largest absolute Gasteiger partial charge is 0.343 e. The molecule has 1 rings (SSSR count). The smallest absolute Gasteiger partial charge is 0.224 e. The van der Waals surface area contributed by atoms with E-state index in [0.29, 0.717) is 18.9 Å². The zero-order valence-electron chi connectivity index (χ0n) is 12.2. The number of amides is 1. The summed E-state index contributed by atoms with van der Waals surface area (Å²) in [5.74, 6) is 0.894. The van der Waals surface area contributed by atoms with E-state index in [-0.39, 0.29) is 11.9 Å². The first-order valence-corrected chi connectivity index (χ1v) is 7.30. The maximum atomic E-state index is 12.2. The number of nitrogens with two attached hydrogens (primary N) is 1. The lowest BCUT2D eigenvalue weighted by molar-refractivity contribution is -0.131. The van der Waals surface area contributed by atoms with E-state index < -0.39 is 0 Å². The van der Waals surface area contributed by atoms with Gasteiger partial charge in [-0.3, -0.25) is 9.69 Å². The van der Waals surface area contributed by atoms with Crippen LogP contribution in [0.2, 0.25) is 0 Å². The summed E-state index contributed by atoms with van der Waals surface area (Å²) in [6.45, 7) is 11.0. The second kappa shape index (κ2) is 7.74. The molecule has 0 saturated carbocycles. The van der Waals surface area contributed by atoms with Crippen molar-refractivity contribution in [3.63, 3.8) is 0 Å². The quantitative estimate of drug-likeness (QED) is 0.746. The molecule has 2 N–H and O–H groups in total. The van der Waals surface area contributed by atoms with Gasteiger partial charge in [-0.05, 0) is 25.3 Å². The maximum absolute atomic E-state index is 12.2. The number of carbonyl (C=O) groups is 1. The van der Waals surface area contributed by atoms with Crippen molar-refractivity contribution in [1.82, 2.24) is 9.80 Å². The fourth-order valence-electron chi connectivity index (χ4n) is 2.66. The van der Waals surface area contributed by atoms with Crippen LogP contribution < -0.4 is 5.73 Å². The molecule has 0 radical (unpaired) electrons. The van der Waals surface area contributed by atoms with Gasteiger partial charge >= 0.3 is 0 Å². The van der Waals surface area contributed by atoms with Crippen LogP contribution in [0.1, 0.15) is 40.0 Å². The van der Waals surface area contributed by atoms with Gasteiger partial charge in [-0.2, -0.15) is 0 Å². The SMILES string of the molecule is CCN(CC(C)C)C(CN)CC(=O)N1CCCC1. The Hall–Kier alpha value is -0.610. The summed E-state index contributed by atoms with van der Waals surface area (Å²) in [7, 11) is 0. The molecular formula is C14H29N3O. The van der Waals surface area contributed by atoms with E-state index in [2.05, 4.69) is 25.7 Å². The highest BCUT2D eigenvalue weighted by Gasteiger charge is 2.24. The molecule has 0 bridgehead atoms. The van der Waals surface area contributed by atoms with Gasteiger partial charge in [0.25, 0.3) is 0 Å². The third-order valence-corrected chi connectivity index (χ3v) is 3.66. The van der Waals surface area contributed by atoms with Crippen molar-refractivity contribution in [2.45, 2.75) is 46.1 Å². The Labute approximate surface area is 111 Å². The molecule has 0 aliphatic carbocycles. The predicted octanol–water partition coefficient (Wildman–Crippen LogP) is 1.30. The molecule has 0 aromatic heterocycles. The van der Waals surface area contributed by atoms with Gasteiger partial charge in [0.05, 0.1) is 0 Å². The van der Waals surface area contributed by atoms with Crippen LogP contribution in [-0.4, -0.2) is 54.5 Å². The van der Waals surface area contributed by atoms with Crippen molar-refractivity contribution in [1.29, 1.82) is 0 Å². The van der Waals surface area contributed by atoms with Crippen LogP contribution in [-0.2, 0) is 4.79 Å². The van der Waals surface area contributed by atoms with Gasteiger partial charge in [-0.1, -0.05) is 20.8 Å². The molecule has 1 unspecified atom stereocenters. The molecule has 1 aliphatic rings. The van der Waals surface area contributed by atoms with Crippen molar-refractivity contribution in [2.24, 2.45) is 11.7 Å². The average Bonchev–Trinajstić information content (AvgIpc) is 2.86. The molecule has 18 heavy (non-hydrogen) atoms. The highest BCUT2D eigenvalue weighted by molar-refractivity contribution is 5.77. The minimum absolute atomic E-state index is 0.200. The van der Waals surface area contributed by atoms with E-state index in [1.54, 1.807) is 0 Å². The van der Waals surface area contributed by atoms with Crippen LogP contribution in [0.25, 0.3) is 0 Å². The van der Waals surface area contributed by atoms with Gasteiger partial charge in [-0.15, -0.1) is 0 Å². The van der Waals surface area contributed by atoms with Crippen LogP contribution in [0.3, 0.4) is 0 Å². The minimum atomic E-state index is 0.200. The van der Waals surface area contributed by atoms with Crippen LogP contribution in [0, 0.1) is 5.92 Å². The molecule has 1 heterocycles. The first kappa shape index (κ1) is 15.4. The third-order valence-electron chi connectivity index (χ3n) is 3.66. The summed E-state index contributed by atoms with van der Waals surface area (Å²) in [5.41, 5.74) is 5.86. The second-order valence-corrected chi connectivity index (χ2v) is 5.66. The van der Waals surface area contributed by atoms with Gasteiger partial charge in [0.15, 0.2) is 0 Å². The Morgan fingerprint density at radius 2 is 1.94 bits per heavy atom. The van der Waals surface area contributed by atoms with Gasteiger partial charge in [0, 0.05) is 38.6 Å². The zero-order valence-corrected chi connectivity index (χ0v) is 12.2. The normalized spacial score (nSPS) is 17.8. The summed E-state index contributed by atoms with van der Waals surface area (Å²) in [4.78, 5) is 16.5. The Bertz CT molecular complexity index is 249. The molecule has 0 aromatic rings. The molecule has 0 spiro atoms. The standard InChI is InChI=1S/C14H29N3O/c1-4-16(11-12(2)3)13(10-15)9-14(18)17-7-5-6-8-17/h12-13H,4-11,15H2,1-3H3. The van der Waals surface area contributed by atoms with E-state index in [4.69, 9.17) is 5.73 Å². The van der Waals surface area contributed by atoms with Crippen molar-refractivity contribution in [2.75, 3.05) is 32.7 Å². The number of carbonyl (C=O) groups excluding carboxylic acids is 1. The number of nitrogens with zero attached hydrogens (tertiary/aromatic N) is 2. The lowest BCUT2D eigenvalue weighted by Crippen LogP contribution is -2.45. The molecule has 1 fully saturated rings. The predicted molar refractivity (Wildman–Crippen MR) is 75.4 cm³/mol. The average molecular weight is 255 g/mol. The van der Waals surface area contributed by atoms with Crippen LogP contribution in [0.15, 0.2) is 0 Å². The van der Waals surface area contributed by atoms with Crippen LogP contribution in [0.5, 0.6) is 0 Å². The van der Waals surface area contributed by atoms with Crippen LogP contribution in [0.4, 0.5) is 0 Å². The van der Waals surface area contributed by atoms with Gasteiger partial charge in [-0.25, -0.2) is 0 Å². The number of hydrogen-bond acceptors (Lipinski definition) is 3. The number of likely N-dealkylation sites (N-methyl/N-ethyl adjacent to an activating group) is 1. The van der Waals surface area contributed by atoms with Crippen molar-refractivity contribution in [3.8, 4) is 0 Å². The topological polar surface area (TPSA) is 49.6 Å². The Morgan fingerprint density at radius 1 is 1.33 bits per heavy atom. The summed E-state index contributed by atoms with van der Waals surface area (Å²) >= 11 is 0. The fraction of sp³-hybridized carbons (Fsp3) is 0.929. The third kappa shape index (κ3) is 4.58. The van der Waals surface area contributed by atoms with Gasteiger partial charge in [0.2, 0.25) is 5.91 Å². The molecule has 4 nitrogen and oxygen atoms in total. The highest BCUT2D eigenvalue weighted by atomic mass is 16.2. The molecule has 106 valence electrons. The van der Waals surface area contributed by atoms with Crippen LogP contribution >= 0.6 is 0 Å². The fourth-order valence-corrected chi connectivity index (χ4v) is 2.66. The maximum Gasteiger partial charge on any atom is 0.224 e. The number of hydrogen-bond donors (Lipinski definition) is 1. The highest BCUT2D eigenvalue weighted by Crippen LogP contribution is 2.13. The summed E-state index contributed by atoms with van der Waals surface area (Å²) in [5, 5.41) is 0. The first-order chi connectivity index (χ1) is 8.58. The van der Waals surface area contributed by atoms with Gasteiger partial charge in [0.1, 0.15) is 0 Å². The zero-order chi connectivity index (χ0) is 13.5. The van der Waals surface area contributed by atoms with Crippen molar-refractivity contribution < 1.29 is 4.79 Å². The van der Waals surface area contributed by atoms with E-state index in [0.717, 1.165) is 39.0 Å². The lowest BCUT2D eigenvalue weighted by Gasteiger charge is -2.32. The van der Waals surface area contributed by atoms with Crippen molar-refractivity contribution >= 4 is 5.91 Å². The lowest BCUT2D eigenvalue weighted by atomic mass is 10.1. The Kier molecular flexibility index (Phi) is 6.65. The summed E-state index contributed by atoms with van der Waals surface area (Å²) in [6.07, 6.45) is 2.89. The van der Waals surface area contributed by atoms with E-state index >= 15 is 0 Å². The number of rotatable bonds is 7. The van der Waals surface area contributed by atoms with E-state index in [1.165, 1.54) is 0 Å². The van der Waals surface area contributed by atoms with E-state index in [1.807, 2.05) is 4.90 Å². The first-order valence-electron chi connectivity index (χ1n) is 7.30. The molecule has 0 aromatic carbocycles. The molecule has 1 saturated heterocycles. The Morgan fingerprint density at radius 3 is 2.39 bits per heavy atom. The molecule has 1 amide bonds. The molecule has 4 heteroatoms. The Balaban J connectivity index is 2.50. The molecular weight excluding hydrogens is 226 g/mol. The van der Waals surface area contributed by atoms with Gasteiger partial charge < -0.3 is 10.6 Å². The van der Waals surface area contributed by atoms with Crippen molar-refractivity contribution in [3.05, 3.63) is 0 Å². The molecule has 1 atom stereocenters. The number of likely N-dealkylation sites (tertiary alicyclic amines) is 1. The summed E-state index contributed by atoms with van der Waals surface area (Å²) < 4.78 is 0. The molecule has 1 aliphatic heterocycles. The summed E-state index contributed by atoms with van der Waals surface area (Å²) in [6, 6.07) is 0.200. The second-order valence-electron chi connectivity index (χ2n) is 5.66. The monoisotopic (exact) mass is 255 g/mol.